The van der Waals surface area contributed by atoms with E-state index in [1.54, 1.807) is 30.3 Å². The number of hydrogen-bond acceptors (Lipinski definition) is 6. The summed E-state index contributed by atoms with van der Waals surface area (Å²) in [6.07, 6.45) is 0. The maximum absolute atomic E-state index is 12.3. The van der Waals surface area contributed by atoms with Crippen LogP contribution in [0, 0.1) is 10.1 Å². The fraction of sp³-hybridized carbons (Fsp3) is 0.0625. The number of carbonyl (C=O) groups excluding carboxylic acids is 2. The normalized spacial score (nSPS) is 13.9. The van der Waals surface area contributed by atoms with E-state index in [4.69, 9.17) is 0 Å². The van der Waals surface area contributed by atoms with Crippen molar-refractivity contribution >= 4 is 29.0 Å². The molecule has 24 heavy (non-hydrogen) atoms. The second-order valence-electron chi connectivity index (χ2n) is 5.04. The van der Waals surface area contributed by atoms with E-state index in [1.807, 2.05) is 0 Å². The third-order valence-electron chi connectivity index (χ3n) is 3.56. The lowest BCUT2D eigenvalue weighted by molar-refractivity contribution is -0.384. The van der Waals surface area contributed by atoms with Gasteiger partial charge in [-0.3, -0.25) is 25.1 Å². The molecule has 0 spiro atoms. The number of nitro benzene ring substituents is 1. The highest BCUT2D eigenvalue weighted by atomic mass is 16.6. The van der Waals surface area contributed by atoms with Crippen molar-refractivity contribution < 1.29 is 14.5 Å². The van der Waals surface area contributed by atoms with Crippen LogP contribution in [0.4, 0.5) is 11.4 Å². The summed E-state index contributed by atoms with van der Waals surface area (Å²) < 4.78 is 0. The Labute approximate surface area is 136 Å². The largest absolute Gasteiger partial charge is 0.294 e. The number of anilines is 1. The van der Waals surface area contributed by atoms with Crippen LogP contribution in [0.15, 0.2) is 53.6 Å². The molecule has 0 atom stereocenters. The molecule has 0 aliphatic carbocycles. The predicted octanol–water partition coefficient (Wildman–Crippen LogP) is 2.64. The number of amidine groups is 1. The number of imide groups is 1. The summed E-state index contributed by atoms with van der Waals surface area (Å²) in [5.41, 5.74) is 3.16. The molecule has 0 unspecified atom stereocenters. The maximum Gasteiger partial charge on any atom is 0.294 e. The Bertz CT molecular complexity index is 856. The summed E-state index contributed by atoms with van der Waals surface area (Å²) in [4.78, 5) is 36.0. The molecule has 1 heterocycles. The second-order valence-corrected chi connectivity index (χ2v) is 5.04. The first-order valence-corrected chi connectivity index (χ1v) is 7.02. The minimum absolute atomic E-state index is 0.0966. The smallest absolute Gasteiger partial charge is 0.270 e. The number of carbonyl (C=O) groups is 2. The van der Waals surface area contributed by atoms with Crippen molar-refractivity contribution in [3.63, 3.8) is 0 Å². The summed E-state index contributed by atoms with van der Waals surface area (Å²) >= 11 is 0. The second kappa shape index (κ2) is 5.92. The van der Waals surface area contributed by atoms with Crippen LogP contribution >= 0.6 is 0 Å². The van der Waals surface area contributed by atoms with E-state index in [0.29, 0.717) is 11.1 Å². The Balaban J connectivity index is 1.87. The van der Waals surface area contributed by atoms with Gasteiger partial charge in [-0.25, -0.2) is 4.90 Å². The summed E-state index contributed by atoms with van der Waals surface area (Å²) in [5.74, 6) is -0.846. The van der Waals surface area contributed by atoms with Gasteiger partial charge in [0, 0.05) is 6.07 Å². The fourth-order valence-corrected chi connectivity index (χ4v) is 2.40. The first-order chi connectivity index (χ1) is 11.5. The van der Waals surface area contributed by atoms with E-state index in [0.717, 1.165) is 4.90 Å². The molecule has 1 N–H and O–H groups in total. The fourth-order valence-electron chi connectivity index (χ4n) is 2.40. The first kappa shape index (κ1) is 15.3. The Morgan fingerprint density at radius 3 is 2.17 bits per heavy atom. The van der Waals surface area contributed by atoms with Gasteiger partial charge >= 0.3 is 0 Å². The van der Waals surface area contributed by atoms with Crippen LogP contribution in [0.25, 0.3) is 0 Å². The standard InChI is InChI=1S/C16H12N4O4/c1-10(17-18-13-8-4-5-9-14(13)20(23)24)19-15(21)11-6-2-3-7-12(11)16(19)22/h2-9,18H,1H3. The van der Waals surface area contributed by atoms with Crippen molar-refractivity contribution in [2.75, 3.05) is 5.43 Å². The van der Waals surface area contributed by atoms with Gasteiger partial charge in [0.05, 0.1) is 16.1 Å². The summed E-state index contributed by atoms with van der Waals surface area (Å²) in [6, 6.07) is 12.4. The van der Waals surface area contributed by atoms with Crippen LogP contribution in [0.3, 0.4) is 0 Å². The van der Waals surface area contributed by atoms with Gasteiger partial charge in [0.2, 0.25) is 0 Å². The molecule has 8 heteroatoms. The molecule has 120 valence electrons. The number of nitrogens with one attached hydrogen (secondary N) is 1. The molecule has 1 aliphatic heterocycles. The molecule has 2 aromatic carbocycles. The molecule has 0 bridgehead atoms. The number of amides is 2. The number of nitrogens with zero attached hydrogens (tertiary/aromatic N) is 3. The SMILES string of the molecule is CC(=NNc1ccccc1[N+](=O)[O-])N1C(=O)c2ccccc2C1=O. The topological polar surface area (TPSA) is 105 Å². The van der Waals surface area contributed by atoms with E-state index >= 15 is 0 Å². The number of fused-ring (bicyclic) bond motifs is 1. The highest BCUT2D eigenvalue weighted by Gasteiger charge is 2.37. The van der Waals surface area contributed by atoms with Gasteiger partial charge in [0.15, 0.2) is 0 Å². The van der Waals surface area contributed by atoms with E-state index in [-0.39, 0.29) is 17.2 Å². The summed E-state index contributed by atoms with van der Waals surface area (Å²) in [5, 5.41) is 14.9. The lowest BCUT2D eigenvalue weighted by atomic mass is 10.1. The monoisotopic (exact) mass is 324 g/mol. The molecular weight excluding hydrogens is 312 g/mol. The van der Waals surface area contributed by atoms with Crippen molar-refractivity contribution in [2.45, 2.75) is 6.92 Å². The van der Waals surface area contributed by atoms with Crippen LogP contribution in [0.1, 0.15) is 27.6 Å². The number of rotatable bonds is 3. The van der Waals surface area contributed by atoms with Gasteiger partial charge in [0.25, 0.3) is 17.5 Å². The van der Waals surface area contributed by atoms with Crippen LogP contribution in [0.5, 0.6) is 0 Å². The summed E-state index contributed by atoms with van der Waals surface area (Å²) in [7, 11) is 0. The lowest BCUT2D eigenvalue weighted by Crippen LogP contribution is -2.34. The third kappa shape index (κ3) is 2.50. The molecule has 0 radical (unpaired) electrons. The predicted molar refractivity (Wildman–Crippen MR) is 86.8 cm³/mol. The van der Waals surface area contributed by atoms with Crippen LogP contribution < -0.4 is 5.43 Å². The molecule has 0 saturated carbocycles. The van der Waals surface area contributed by atoms with E-state index in [2.05, 4.69) is 10.5 Å². The van der Waals surface area contributed by atoms with Crippen LogP contribution in [-0.2, 0) is 0 Å². The number of nitro groups is 1. The van der Waals surface area contributed by atoms with Gasteiger partial charge in [0.1, 0.15) is 11.5 Å². The van der Waals surface area contributed by atoms with E-state index in [9.17, 15) is 19.7 Å². The first-order valence-electron chi connectivity index (χ1n) is 7.02. The molecule has 8 nitrogen and oxygen atoms in total. The Kier molecular flexibility index (Phi) is 3.78. The van der Waals surface area contributed by atoms with Crippen molar-refractivity contribution in [3.05, 3.63) is 69.8 Å². The van der Waals surface area contributed by atoms with E-state index in [1.165, 1.54) is 25.1 Å². The maximum atomic E-state index is 12.3. The molecular formula is C16H12N4O4. The van der Waals surface area contributed by atoms with Crippen molar-refractivity contribution in [3.8, 4) is 0 Å². The minimum Gasteiger partial charge on any atom is -0.270 e. The average Bonchev–Trinajstić information content (AvgIpc) is 2.84. The molecule has 3 rings (SSSR count). The van der Waals surface area contributed by atoms with Crippen molar-refractivity contribution in [1.29, 1.82) is 0 Å². The number of hydrazone groups is 1. The molecule has 0 aromatic heterocycles. The van der Waals surface area contributed by atoms with Crippen molar-refractivity contribution in [2.24, 2.45) is 5.10 Å². The minimum atomic E-state index is -0.546. The number of benzene rings is 2. The van der Waals surface area contributed by atoms with Crippen LogP contribution in [0.2, 0.25) is 0 Å². The Morgan fingerprint density at radius 2 is 1.58 bits per heavy atom. The van der Waals surface area contributed by atoms with Crippen molar-refractivity contribution in [1.82, 2.24) is 4.90 Å². The van der Waals surface area contributed by atoms with E-state index < -0.39 is 16.7 Å². The van der Waals surface area contributed by atoms with Crippen LogP contribution in [-0.4, -0.2) is 27.5 Å². The lowest BCUT2D eigenvalue weighted by Gasteiger charge is -2.13. The van der Waals surface area contributed by atoms with Gasteiger partial charge in [-0.15, -0.1) is 0 Å². The zero-order valence-electron chi connectivity index (χ0n) is 12.6. The average molecular weight is 324 g/mol. The molecule has 0 fully saturated rings. The Hall–Kier alpha value is -3.55. The summed E-state index contributed by atoms with van der Waals surface area (Å²) in [6.45, 7) is 1.48. The number of hydrogen-bond donors (Lipinski definition) is 1. The van der Waals surface area contributed by atoms with Gasteiger partial charge in [-0.05, 0) is 25.1 Å². The Morgan fingerprint density at radius 1 is 1.04 bits per heavy atom. The molecule has 2 amide bonds. The highest BCUT2D eigenvalue weighted by molar-refractivity contribution is 6.29. The number of para-hydroxylation sites is 2. The zero-order chi connectivity index (χ0) is 17.3. The van der Waals surface area contributed by atoms with Gasteiger partial charge in [-0.1, -0.05) is 24.3 Å². The van der Waals surface area contributed by atoms with Gasteiger partial charge in [-0.2, -0.15) is 5.10 Å². The molecule has 0 saturated heterocycles. The highest BCUT2D eigenvalue weighted by Crippen LogP contribution is 2.25. The zero-order valence-corrected chi connectivity index (χ0v) is 12.6. The van der Waals surface area contributed by atoms with Gasteiger partial charge < -0.3 is 0 Å². The molecule has 1 aliphatic rings. The quantitative estimate of drug-likeness (QED) is 0.307. The molecule has 2 aromatic rings. The third-order valence-corrected chi connectivity index (χ3v) is 3.56.